The Hall–Kier alpha value is -3.58. The molecule has 34 heavy (non-hydrogen) atoms. The molecule has 1 atom stereocenters. The molecule has 3 aromatic carbocycles. The van der Waals surface area contributed by atoms with Crippen LogP contribution in [-0.2, 0) is 30.8 Å². The van der Waals surface area contributed by atoms with Crippen LogP contribution >= 0.6 is 0 Å². The maximum Gasteiger partial charge on any atom is 0.306 e. The maximum atomic E-state index is 13.2. The van der Waals surface area contributed by atoms with Crippen molar-refractivity contribution in [1.29, 1.82) is 5.26 Å². The number of rotatable bonds is 11. The minimum Gasteiger partial charge on any atom is -0.469 e. The molecule has 0 spiro atoms. The number of nitriles is 1. The lowest BCUT2D eigenvalue weighted by atomic mass is 10.0. The van der Waals surface area contributed by atoms with E-state index in [4.69, 9.17) is 5.26 Å². The van der Waals surface area contributed by atoms with Crippen LogP contribution in [0.2, 0.25) is 0 Å². The van der Waals surface area contributed by atoms with Crippen molar-refractivity contribution in [3.63, 3.8) is 0 Å². The number of nitrogens with zero attached hydrogens (tertiary/aromatic N) is 1. The molecule has 176 valence electrons. The zero-order chi connectivity index (χ0) is 24.6. The van der Waals surface area contributed by atoms with E-state index in [0.717, 1.165) is 10.8 Å². The fourth-order valence-electron chi connectivity index (χ4n) is 3.39. The Kier molecular flexibility index (Phi) is 8.49. The lowest BCUT2D eigenvalue weighted by molar-refractivity contribution is -0.140. The van der Waals surface area contributed by atoms with Crippen LogP contribution in [0, 0.1) is 11.3 Å². The van der Waals surface area contributed by atoms with Gasteiger partial charge in [0.1, 0.15) is 0 Å². The highest BCUT2D eigenvalue weighted by molar-refractivity contribution is 7.89. The number of nitrogens with one attached hydrogen (secondary N) is 2. The van der Waals surface area contributed by atoms with Gasteiger partial charge in [-0.05, 0) is 47.0 Å². The number of sulfonamides is 1. The first-order valence-corrected chi connectivity index (χ1v) is 12.1. The van der Waals surface area contributed by atoms with E-state index in [9.17, 15) is 18.0 Å². The first kappa shape index (κ1) is 25.1. The Morgan fingerprint density at radius 3 is 2.41 bits per heavy atom. The molecule has 3 rings (SSSR count). The first-order chi connectivity index (χ1) is 16.3. The Balaban J connectivity index is 1.79. The van der Waals surface area contributed by atoms with E-state index in [2.05, 4.69) is 14.8 Å². The normalized spacial score (nSPS) is 12.1. The monoisotopic (exact) mass is 479 g/mol. The molecular formula is C25H25N3O5S. The SMILES string of the molecule is COC(=O)CCNCC(=O)[C@H](Cc1ccc(C#N)cc1)NS(=O)(=O)c1ccc2ccccc2c1. The van der Waals surface area contributed by atoms with E-state index in [1.807, 2.05) is 30.3 Å². The summed E-state index contributed by atoms with van der Waals surface area (Å²) in [4.78, 5) is 24.3. The molecule has 0 radical (unpaired) electrons. The number of ketones is 1. The second kappa shape index (κ2) is 11.5. The first-order valence-electron chi connectivity index (χ1n) is 10.6. The number of fused-ring (bicyclic) bond motifs is 1. The van der Waals surface area contributed by atoms with Crippen LogP contribution < -0.4 is 10.0 Å². The van der Waals surface area contributed by atoms with Crippen LogP contribution in [-0.4, -0.2) is 46.4 Å². The molecule has 0 aromatic heterocycles. The topological polar surface area (TPSA) is 125 Å². The number of carbonyl (C=O) groups is 2. The summed E-state index contributed by atoms with van der Waals surface area (Å²) >= 11 is 0. The van der Waals surface area contributed by atoms with Gasteiger partial charge in [-0.15, -0.1) is 0 Å². The summed E-state index contributed by atoms with van der Waals surface area (Å²) in [5, 5.41) is 13.5. The number of hydrogen-bond acceptors (Lipinski definition) is 7. The number of methoxy groups -OCH3 is 1. The van der Waals surface area contributed by atoms with E-state index in [1.54, 1.807) is 36.4 Å². The molecule has 0 aliphatic carbocycles. The predicted molar refractivity (Wildman–Crippen MR) is 127 cm³/mol. The van der Waals surface area contributed by atoms with Crippen LogP contribution in [0.4, 0.5) is 0 Å². The molecular weight excluding hydrogens is 454 g/mol. The van der Waals surface area contributed by atoms with Crippen LogP contribution in [0.5, 0.6) is 0 Å². The molecule has 2 N–H and O–H groups in total. The third kappa shape index (κ3) is 6.71. The van der Waals surface area contributed by atoms with E-state index >= 15 is 0 Å². The van der Waals surface area contributed by atoms with Crippen LogP contribution in [0.15, 0.2) is 71.6 Å². The third-order valence-electron chi connectivity index (χ3n) is 5.27. The van der Waals surface area contributed by atoms with E-state index in [-0.39, 0.29) is 36.6 Å². The minimum atomic E-state index is -4.00. The summed E-state index contributed by atoms with van der Waals surface area (Å²) in [6.45, 7) is 0.0948. The summed E-state index contributed by atoms with van der Waals surface area (Å²) < 4.78 is 33.4. The van der Waals surface area contributed by atoms with Gasteiger partial charge < -0.3 is 10.1 Å². The fourth-order valence-corrected chi connectivity index (χ4v) is 4.64. The second-order valence-electron chi connectivity index (χ2n) is 7.66. The number of carbonyl (C=O) groups excluding carboxylic acids is 2. The van der Waals surface area contributed by atoms with Gasteiger partial charge in [-0.2, -0.15) is 5.26 Å². The Labute approximate surface area is 198 Å². The Morgan fingerprint density at radius 1 is 1.03 bits per heavy atom. The van der Waals surface area contributed by atoms with Gasteiger partial charge in [0.25, 0.3) is 0 Å². The number of Topliss-reactive ketones (excluding diaryl/α,β-unsaturated/α-hetero) is 1. The van der Waals surface area contributed by atoms with Crippen molar-refractivity contribution in [2.24, 2.45) is 0 Å². The van der Waals surface area contributed by atoms with Crippen LogP contribution in [0.3, 0.4) is 0 Å². The summed E-state index contributed by atoms with van der Waals surface area (Å²) in [6, 6.07) is 19.8. The maximum absolute atomic E-state index is 13.2. The van der Waals surface area contributed by atoms with Gasteiger partial charge in [0, 0.05) is 6.54 Å². The van der Waals surface area contributed by atoms with Crippen molar-refractivity contribution >= 4 is 32.5 Å². The summed E-state index contributed by atoms with van der Waals surface area (Å²) in [5.74, 6) is -0.787. The highest BCUT2D eigenvalue weighted by Crippen LogP contribution is 2.19. The molecule has 3 aromatic rings. The number of esters is 1. The van der Waals surface area contributed by atoms with Gasteiger partial charge >= 0.3 is 5.97 Å². The minimum absolute atomic E-state index is 0.0579. The average molecular weight is 480 g/mol. The lowest BCUT2D eigenvalue weighted by Gasteiger charge is -2.19. The lowest BCUT2D eigenvalue weighted by Crippen LogP contribution is -2.46. The largest absolute Gasteiger partial charge is 0.469 e. The molecule has 0 bridgehead atoms. The summed E-state index contributed by atoms with van der Waals surface area (Å²) in [6.07, 6.45) is 0.197. The smallest absolute Gasteiger partial charge is 0.306 e. The fraction of sp³-hybridized carbons (Fsp3) is 0.240. The molecule has 0 unspecified atom stereocenters. The number of benzene rings is 3. The Morgan fingerprint density at radius 2 is 1.74 bits per heavy atom. The molecule has 9 heteroatoms. The van der Waals surface area contributed by atoms with Gasteiger partial charge in [-0.3, -0.25) is 9.59 Å². The molecule has 0 heterocycles. The molecule has 8 nitrogen and oxygen atoms in total. The number of ether oxygens (including phenoxy) is 1. The van der Waals surface area contributed by atoms with Crippen molar-refractivity contribution < 1.29 is 22.7 Å². The standard InChI is InChI=1S/C25H25N3O5S/c1-33-25(30)12-13-27-17-24(29)23(14-18-6-8-19(16-26)9-7-18)28-34(31,32)22-11-10-20-4-2-3-5-21(20)15-22/h2-11,15,23,27-28H,12-14,17H2,1H3/t23-/m0/s1. The van der Waals surface area contributed by atoms with Crippen molar-refractivity contribution in [2.75, 3.05) is 20.2 Å². The second-order valence-corrected chi connectivity index (χ2v) is 9.38. The molecule has 0 saturated heterocycles. The molecule has 0 aliphatic rings. The van der Waals surface area contributed by atoms with E-state index in [1.165, 1.54) is 13.2 Å². The van der Waals surface area contributed by atoms with Crippen molar-refractivity contribution in [3.05, 3.63) is 77.9 Å². The van der Waals surface area contributed by atoms with Crippen LogP contribution in [0.25, 0.3) is 10.8 Å². The highest BCUT2D eigenvalue weighted by Gasteiger charge is 2.26. The van der Waals surface area contributed by atoms with Gasteiger partial charge in [-0.25, -0.2) is 13.1 Å². The molecule has 0 aliphatic heterocycles. The summed E-state index contributed by atoms with van der Waals surface area (Å²) in [7, 11) is -2.72. The van der Waals surface area contributed by atoms with Gasteiger partial charge in [0.15, 0.2) is 5.78 Å². The van der Waals surface area contributed by atoms with Crippen molar-refractivity contribution in [3.8, 4) is 6.07 Å². The average Bonchev–Trinajstić information content (AvgIpc) is 2.85. The third-order valence-corrected chi connectivity index (χ3v) is 6.74. The quantitative estimate of drug-likeness (QED) is 0.319. The van der Waals surface area contributed by atoms with Crippen molar-refractivity contribution in [1.82, 2.24) is 10.0 Å². The van der Waals surface area contributed by atoms with Gasteiger partial charge in [0.2, 0.25) is 10.0 Å². The predicted octanol–water partition coefficient (Wildman–Crippen LogP) is 2.32. The van der Waals surface area contributed by atoms with Crippen LogP contribution in [0.1, 0.15) is 17.5 Å². The van der Waals surface area contributed by atoms with E-state index < -0.39 is 22.0 Å². The highest BCUT2D eigenvalue weighted by atomic mass is 32.2. The molecule has 0 fully saturated rings. The zero-order valence-electron chi connectivity index (χ0n) is 18.7. The molecule has 0 saturated carbocycles. The van der Waals surface area contributed by atoms with Crippen molar-refractivity contribution in [2.45, 2.75) is 23.8 Å². The summed E-state index contributed by atoms with van der Waals surface area (Å²) in [5.41, 5.74) is 1.17. The van der Waals surface area contributed by atoms with E-state index in [0.29, 0.717) is 11.1 Å². The number of hydrogen-bond donors (Lipinski definition) is 2. The zero-order valence-corrected chi connectivity index (χ0v) is 19.5. The van der Waals surface area contributed by atoms with Gasteiger partial charge in [0.05, 0.1) is 42.6 Å². The molecule has 0 amide bonds. The van der Waals surface area contributed by atoms with Gasteiger partial charge in [-0.1, -0.05) is 42.5 Å². The Bertz CT molecular complexity index is 1310.